The van der Waals surface area contributed by atoms with E-state index in [0.717, 1.165) is 5.56 Å². The lowest BCUT2D eigenvalue weighted by Gasteiger charge is -2.40. The lowest BCUT2D eigenvalue weighted by atomic mass is 10.0. The first-order chi connectivity index (χ1) is 12.2. The van der Waals surface area contributed by atoms with E-state index < -0.39 is 35.7 Å². The van der Waals surface area contributed by atoms with Crippen molar-refractivity contribution in [1.29, 1.82) is 0 Å². The maximum Gasteiger partial charge on any atom is 0.411 e. The highest BCUT2D eigenvalue weighted by molar-refractivity contribution is 5.87. The summed E-state index contributed by atoms with van der Waals surface area (Å²) in [5.41, 5.74) is 0.0495. The summed E-state index contributed by atoms with van der Waals surface area (Å²) in [5.74, 6) is -1.21. The number of cyclic esters (lactones) is 1. The topological polar surface area (TPSA) is 82.1 Å². The smallest absolute Gasteiger partial charge is 0.411 e. The molecule has 1 aliphatic heterocycles. The van der Waals surface area contributed by atoms with Crippen LogP contribution in [0.3, 0.4) is 0 Å². The Bertz CT molecular complexity index is 652. The minimum Gasteiger partial charge on any atom is -0.466 e. The van der Waals surface area contributed by atoms with E-state index >= 15 is 0 Å². The molecule has 7 nitrogen and oxygen atoms in total. The highest BCUT2D eigenvalue weighted by Gasteiger charge is 2.44. The standard InChI is InChI=1S/C19H25NO6/c1-5-24-16(21)11-14-17(22)25-12-15(13-9-7-6-8-10-13)20(14)18(23)26-19(2,3)4/h6-10,14-15H,5,11-12H2,1-4H3/t14-,15+/m0/s1. The summed E-state index contributed by atoms with van der Waals surface area (Å²) >= 11 is 0. The second-order valence-electron chi connectivity index (χ2n) is 6.97. The van der Waals surface area contributed by atoms with Gasteiger partial charge in [-0.2, -0.15) is 0 Å². The van der Waals surface area contributed by atoms with Crippen LogP contribution in [0.15, 0.2) is 30.3 Å². The SMILES string of the molecule is CCOC(=O)C[C@H]1C(=O)OC[C@H](c2ccccc2)N1C(=O)OC(C)(C)C. The molecule has 1 heterocycles. The van der Waals surface area contributed by atoms with Gasteiger partial charge >= 0.3 is 18.0 Å². The van der Waals surface area contributed by atoms with Gasteiger partial charge in [0.15, 0.2) is 0 Å². The molecule has 0 aliphatic carbocycles. The first-order valence-corrected chi connectivity index (χ1v) is 8.61. The van der Waals surface area contributed by atoms with E-state index in [0.29, 0.717) is 0 Å². The zero-order chi connectivity index (χ0) is 19.3. The predicted molar refractivity (Wildman–Crippen MR) is 93.3 cm³/mol. The Kier molecular flexibility index (Phi) is 6.23. The zero-order valence-corrected chi connectivity index (χ0v) is 15.6. The van der Waals surface area contributed by atoms with Gasteiger partial charge in [-0.1, -0.05) is 30.3 Å². The fraction of sp³-hybridized carbons (Fsp3) is 0.526. The third-order valence-corrected chi connectivity index (χ3v) is 3.78. The number of carbonyl (C=O) groups excluding carboxylic acids is 3. The van der Waals surface area contributed by atoms with E-state index in [1.54, 1.807) is 27.7 Å². The first kappa shape index (κ1) is 19.8. The molecule has 0 unspecified atom stereocenters. The van der Waals surface area contributed by atoms with Crippen LogP contribution in [0, 0.1) is 0 Å². The highest BCUT2D eigenvalue weighted by Crippen LogP contribution is 2.31. The Labute approximate surface area is 153 Å². The van der Waals surface area contributed by atoms with Crippen LogP contribution < -0.4 is 0 Å². The molecule has 0 saturated carbocycles. The van der Waals surface area contributed by atoms with Gasteiger partial charge in [0, 0.05) is 0 Å². The lowest BCUT2D eigenvalue weighted by molar-refractivity contribution is -0.166. The quantitative estimate of drug-likeness (QED) is 0.604. The predicted octanol–water partition coefficient (Wildman–Crippen LogP) is 2.84. The number of esters is 2. The summed E-state index contributed by atoms with van der Waals surface area (Å²) < 4.78 is 15.7. The van der Waals surface area contributed by atoms with E-state index in [9.17, 15) is 14.4 Å². The van der Waals surface area contributed by atoms with Gasteiger partial charge in [-0.05, 0) is 33.3 Å². The van der Waals surface area contributed by atoms with Gasteiger partial charge in [-0.15, -0.1) is 0 Å². The molecule has 142 valence electrons. The normalized spacial score (nSPS) is 20.3. The number of amides is 1. The van der Waals surface area contributed by atoms with Crippen LogP contribution in [0.1, 0.15) is 45.7 Å². The molecule has 7 heteroatoms. The van der Waals surface area contributed by atoms with Crippen molar-refractivity contribution < 1.29 is 28.6 Å². The van der Waals surface area contributed by atoms with E-state index in [2.05, 4.69) is 0 Å². The van der Waals surface area contributed by atoms with Crippen LogP contribution in [0.4, 0.5) is 4.79 Å². The molecule has 1 saturated heterocycles. The molecule has 2 atom stereocenters. The Morgan fingerprint density at radius 2 is 1.88 bits per heavy atom. The third kappa shape index (κ3) is 4.97. The average Bonchev–Trinajstić information content (AvgIpc) is 2.56. The average molecular weight is 363 g/mol. The number of benzene rings is 1. The van der Waals surface area contributed by atoms with Gasteiger partial charge in [0.25, 0.3) is 0 Å². The molecule has 1 aromatic rings. The van der Waals surface area contributed by atoms with Crippen molar-refractivity contribution in [3.8, 4) is 0 Å². The van der Waals surface area contributed by atoms with Gasteiger partial charge in [-0.25, -0.2) is 9.59 Å². The summed E-state index contributed by atoms with van der Waals surface area (Å²) in [7, 11) is 0. The highest BCUT2D eigenvalue weighted by atomic mass is 16.6. The Hall–Kier alpha value is -2.57. The van der Waals surface area contributed by atoms with Gasteiger partial charge in [0.2, 0.25) is 0 Å². The van der Waals surface area contributed by atoms with E-state index in [1.807, 2.05) is 30.3 Å². The Morgan fingerprint density at radius 1 is 1.23 bits per heavy atom. The van der Waals surface area contributed by atoms with Crippen LogP contribution in [0.5, 0.6) is 0 Å². The number of hydrogen-bond acceptors (Lipinski definition) is 6. The summed E-state index contributed by atoms with van der Waals surface area (Å²) in [6.45, 7) is 7.09. The zero-order valence-electron chi connectivity index (χ0n) is 15.6. The van der Waals surface area contributed by atoms with E-state index in [4.69, 9.17) is 14.2 Å². The number of hydrogen-bond donors (Lipinski definition) is 0. The second-order valence-corrected chi connectivity index (χ2v) is 6.97. The second kappa shape index (κ2) is 8.21. The van der Waals surface area contributed by atoms with Crippen LogP contribution in [0.25, 0.3) is 0 Å². The van der Waals surface area contributed by atoms with E-state index in [-0.39, 0.29) is 19.6 Å². The Balaban J connectivity index is 2.36. The fourth-order valence-electron chi connectivity index (χ4n) is 2.73. The molecule has 1 aromatic carbocycles. The molecule has 1 fully saturated rings. The number of morpholine rings is 1. The summed E-state index contributed by atoms with van der Waals surface area (Å²) in [5, 5.41) is 0. The number of rotatable bonds is 4. The van der Waals surface area contributed by atoms with Crippen molar-refractivity contribution in [3.63, 3.8) is 0 Å². The van der Waals surface area contributed by atoms with Gasteiger partial charge in [0.1, 0.15) is 18.2 Å². The lowest BCUT2D eigenvalue weighted by Crippen LogP contribution is -2.55. The molecular formula is C19H25NO6. The molecule has 1 amide bonds. The Morgan fingerprint density at radius 3 is 2.46 bits per heavy atom. The van der Waals surface area contributed by atoms with Crippen molar-refractivity contribution in [2.75, 3.05) is 13.2 Å². The van der Waals surface area contributed by atoms with Gasteiger partial charge in [-0.3, -0.25) is 9.69 Å². The van der Waals surface area contributed by atoms with Crippen LogP contribution in [-0.2, 0) is 23.8 Å². The van der Waals surface area contributed by atoms with Crippen LogP contribution in [0.2, 0.25) is 0 Å². The molecular weight excluding hydrogens is 338 g/mol. The van der Waals surface area contributed by atoms with Crippen molar-refractivity contribution in [3.05, 3.63) is 35.9 Å². The van der Waals surface area contributed by atoms with Crippen molar-refractivity contribution >= 4 is 18.0 Å². The molecule has 26 heavy (non-hydrogen) atoms. The van der Waals surface area contributed by atoms with E-state index in [1.165, 1.54) is 4.90 Å². The monoisotopic (exact) mass is 363 g/mol. The molecule has 1 aliphatic rings. The molecule has 0 radical (unpaired) electrons. The van der Waals surface area contributed by atoms with Crippen LogP contribution in [-0.4, -0.2) is 47.8 Å². The maximum atomic E-state index is 12.8. The third-order valence-electron chi connectivity index (χ3n) is 3.78. The van der Waals surface area contributed by atoms with Gasteiger partial charge in [0.05, 0.1) is 19.1 Å². The fourth-order valence-corrected chi connectivity index (χ4v) is 2.73. The number of nitrogens with zero attached hydrogens (tertiary/aromatic N) is 1. The maximum absolute atomic E-state index is 12.8. The van der Waals surface area contributed by atoms with Crippen LogP contribution >= 0.6 is 0 Å². The van der Waals surface area contributed by atoms with Crippen molar-refractivity contribution in [2.24, 2.45) is 0 Å². The van der Waals surface area contributed by atoms with Gasteiger partial charge < -0.3 is 14.2 Å². The molecule has 0 spiro atoms. The summed E-state index contributed by atoms with van der Waals surface area (Å²) in [6.07, 6.45) is -0.952. The van der Waals surface area contributed by atoms with Crippen molar-refractivity contribution in [1.82, 2.24) is 4.90 Å². The molecule has 0 N–H and O–H groups in total. The molecule has 2 rings (SSSR count). The minimum atomic E-state index is -1.09. The summed E-state index contributed by atoms with van der Waals surface area (Å²) in [6, 6.07) is 7.56. The number of carbonyl (C=O) groups is 3. The first-order valence-electron chi connectivity index (χ1n) is 8.61. The van der Waals surface area contributed by atoms with Crippen molar-refractivity contribution in [2.45, 2.75) is 51.8 Å². The molecule has 0 bridgehead atoms. The molecule has 0 aromatic heterocycles. The summed E-state index contributed by atoms with van der Waals surface area (Å²) in [4.78, 5) is 38.4. The minimum absolute atomic E-state index is 0.00140. The largest absolute Gasteiger partial charge is 0.466 e. The number of ether oxygens (including phenoxy) is 3.